The number of nitrogens with one attached hydrogen (secondary N) is 2. The van der Waals surface area contributed by atoms with Crippen LogP contribution >= 0.6 is 0 Å². The lowest BCUT2D eigenvalue weighted by Gasteiger charge is -2.18. The first kappa shape index (κ1) is 25.4. The van der Waals surface area contributed by atoms with E-state index < -0.39 is 5.91 Å². The average molecular weight is 469 g/mol. The zero-order chi connectivity index (χ0) is 25.4. The number of amides is 2. The Morgan fingerprint density at radius 3 is 2.00 bits per heavy atom. The Balaban J connectivity index is 1.78. The molecule has 0 spiro atoms. The van der Waals surface area contributed by atoms with E-state index in [1.807, 2.05) is 73.6 Å². The van der Waals surface area contributed by atoms with E-state index >= 15 is 0 Å². The molecule has 6 heteroatoms. The van der Waals surface area contributed by atoms with Crippen LogP contribution in [0.2, 0.25) is 0 Å². The van der Waals surface area contributed by atoms with Crippen molar-refractivity contribution in [3.63, 3.8) is 0 Å². The van der Waals surface area contributed by atoms with Crippen LogP contribution in [0.3, 0.4) is 0 Å². The van der Waals surface area contributed by atoms with Gasteiger partial charge in [0.1, 0.15) is 5.70 Å². The highest BCUT2D eigenvalue weighted by Gasteiger charge is 2.15. The van der Waals surface area contributed by atoms with Gasteiger partial charge in [0, 0.05) is 25.3 Å². The Morgan fingerprint density at radius 2 is 1.43 bits per heavy atom. The van der Waals surface area contributed by atoms with Gasteiger partial charge < -0.3 is 10.2 Å². The van der Waals surface area contributed by atoms with Gasteiger partial charge in [-0.25, -0.2) is 5.43 Å². The first-order chi connectivity index (χ1) is 16.6. The minimum absolute atomic E-state index is 0.0608. The minimum atomic E-state index is -0.520. The molecule has 3 rings (SSSR count). The standard InChI is InChI=1S/C29H32N4O2/c1-29(2,3)24-15-11-22(12-16-24)20-30-32-28(35)26(31-27(34)23-9-7-6-8-10-23)19-21-13-17-25(18-14-21)33(4)5/h6-20H,1-5H3,(H,31,34)(H,32,35)/b26-19+,30-20+. The van der Waals surface area contributed by atoms with Gasteiger partial charge in [0.2, 0.25) is 0 Å². The van der Waals surface area contributed by atoms with Crippen molar-refractivity contribution in [2.75, 3.05) is 19.0 Å². The average Bonchev–Trinajstić information content (AvgIpc) is 2.84. The molecule has 6 nitrogen and oxygen atoms in total. The van der Waals surface area contributed by atoms with Gasteiger partial charge in [0.05, 0.1) is 6.21 Å². The van der Waals surface area contributed by atoms with Gasteiger partial charge in [-0.1, -0.05) is 75.4 Å². The fraction of sp³-hybridized carbons (Fsp3) is 0.207. The van der Waals surface area contributed by atoms with Crippen LogP contribution in [0.15, 0.2) is 89.7 Å². The largest absolute Gasteiger partial charge is 0.378 e. The second-order valence-corrected chi connectivity index (χ2v) is 9.44. The zero-order valence-electron chi connectivity index (χ0n) is 20.9. The van der Waals surface area contributed by atoms with Crippen molar-refractivity contribution in [1.29, 1.82) is 0 Å². The van der Waals surface area contributed by atoms with Gasteiger partial charge in [-0.15, -0.1) is 0 Å². The van der Waals surface area contributed by atoms with Crippen molar-refractivity contribution < 1.29 is 9.59 Å². The first-order valence-corrected chi connectivity index (χ1v) is 11.4. The van der Waals surface area contributed by atoms with Gasteiger partial charge in [-0.05, 0) is 52.4 Å². The van der Waals surface area contributed by atoms with Crippen molar-refractivity contribution in [2.24, 2.45) is 5.10 Å². The molecule has 3 aromatic rings. The molecular weight excluding hydrogens is 436 g/mol. The number of hydrogen-bond acceptors (Lipinski definition) is 4. The lowest BCUT2D eigenvalue weighted by atomic mass is 9.87. The lowest BCUT2D eigenvalue weighted by Crippen LogP contribution is -2.32. The predicted molar refractivity (Wildman–Crippen MR) is 144 cm³/mol. The molecule has 0 atom stereocenters. The lowest BCUT2D eigenvalue weighted by molar-refractivity contribution is -0.117. The Morgan fingerprint density at radius 1 is 0.829 bits per heavy atom. The molecule has 180 valence electrons. The maximum Gasteiger partial charge on any atom is 0.287 e. The summed E-state index contributed by atoms with van der Waals surface area (Å²) in [5.74, 6) is -0.896. The highest BCUT2D eigenvalue weighted by molar-refractivity contribution is 6.05. The number of carbonyl (C=O) groups excluding carboxylic acids is 2. The molecule has 2 N–H and O–H groups in total. The van der Waals surface area contributed by atoms with E-state index in [9.17, 15) is 9.59 Å². The van der Waals surface area contributed by atoms with E-state index in [0.717, 1.165) is 16.8 Å². The maximum absolute atomic E-state index is 12.9. The van der Waals surface area contributed by atoms with Gasteiger partial charge in [0.25, 0.3) is 11.8 Å². The van der Waals surface area contributed by atoms with Crippen molar-refractivity contribution in [1.82, 2.24) is 10.7 Å². The van der Waals surface area contributed by atoms with Gasteiger partial charge in [0.15, 0.2) is 0 Å². The Bertz CT molecular complexity index is 1200. The molecule has 0 aliphatic heterocycles. The summed E-state index contributed by atoms with van der Waals surface area (Å²) in [6.45, 7) is 6.46. The fourth-order valence-electron chi connectivity index (χ4n) is 3.27. The monoisotopic (exact) mass is 468 g/mol. The topological polar surface area (TPSA) is 73.8 Å². The van der Waals surface area contributed by atoms with Crippen LogP contribution < -0.4 is 15.6 Å². The van der Waals surface area contributed by atoms with E-state index in [2.05, 4.69) is 36.6 Å². The molecule has 0 saturated carbocycles. The summed E-state index contributed by atoms with van der Waals surface area (Å²) >= 11 is 0. The van der Waals surface area contributed by atoms with E-state index in [1.165, 1.54) is 5.56 Å². The molecule has 0 aliphatic carbocycles. The first-order valence-electron chi connectivity index (χ1n) is 11.4. The Labute approximate surface area is 207 Å². The molecule has 3 aromatic carbocycles. The third-order valence-electron chi connectivity index (χ3n) is 5.41. The van der Waals surface area contributed by atoms with Crippen molar-refractivity contribution in [3.8, 4) is 0 Å². The van der Waals surface area contributed by atoms with Gasteiger partial charge in [-0.3, -0.25) is 9.59 Å². The minimum Gasteiger partial charge on any atom is -0.378 e. The summed E-state index contributed by atoms with van der Waals surface area (Å²) < 4.78 is 0. The Hall–Kier alpha value is -4.19. The van der Waals surface area contributed by atoms with Gasteiger partial charge >= 0.3 is 0 Å². The summed E-state index contributed by atoms with van der Waals surface area (Å²) in [7, 11) is 3.91. The van der Waals surface area contributed by atoms with E-state index in [-0.39, 0.29) is 17.0 Å². The smallest absolute Gasteiger partial charge is 0.287 e. The molecular formula is C29H32N4O2. The zero-order valence-corrected chi connectivity index (χ0v) is 20.9. The predicted octanol–water partition coefficient (Wildman–Crippen LogP) is 4.97. The summed E-state index contributed by atoms with van der Waals surface area (Å²) in [5, 5.41) is 6.81. The summed E-state index contributed by atoms with van der Waals surface area (Å²) in [5.41, 5.74) is 7.01. The number of hydrazone groups is 1. The van der Waals surface area contributed by atoms with Crippen LogP contribution in [0.5, 0.6) is 0 Å². The second-order valence-electron chi connectivity index (χ2n) is 9.44. The Kier molecular flexibility index (Phi) is 8.21. The van der Waals surface area contributed by atoms with Crippen molar-refractivity contribution in [2.45, 2.75) is 26.2 Å². The normalized spacial score (nSPS) is 11.9. The number of rotatable bonds is 7. The van der Waals surface area contributed by atoms with E-state index in [4.69, 9.17) is 0 Å². The quantitative estimate of drug-likeness (QED) is 0.292. The number of nitrogens with zero attached hydrogens (tertiary/aromatic N) is 2. The molecule has 0 aromatic heterocycles. The molecule has 0 fully saturated rings. The molecule has 35 heavy (non-hydrogen) atoms. The number of hydrogen-bond donors (Lipinski definition) is 2. The molecule has 0 radical (unpaired) electrons. The van der Waals surface area contributed by atoms with Crippen LogP contribution in [-0.4, -0.2) is 32.1 Å². The number of carbonyl (C=O) groups is 2. The molecule has 0 bridgehead atoms. The van der Waals surface area contributed by atoms with Crippen LogP contribution in [-0.2, 0) is 10.2 Å². The van der Waals surface area contributed by atoms with E-state index in [1.54, 1.807) is 36.6 Å². The van der Waals surface area contributed by atoms with E-state index in [0.29, 0.717) is 5.56 Å². The van der Waals surface area contributed by atoms with Gasteiger partial charge in [-0.2, -0.15) is 5.10 Å². The molecule has 0 saturated heterocycles. The SMILES string of the molecule is CN(C)c1ccc(/C=C(/NC(=O)c2ccccc2)C(=O)N/N=C/c2ccc(C(C)(C)C)cc2)cc1. The second kappa shape index (κ2) is 11.3. The maximum atomic E-state index is 12.9. The third-order valence-corrected chi connectivity index (χ3v) is 5.41. The van der Waals surface area contributed by atoms with Crippen LogP contribution in [0.25, 0.3) is 6.08 Å². The third kappa shape index (κ3) is 7.40. The van der Waals surface area contributed by atoms with Crippen LogP contribution in [0.4, 0.5) is 5.69 Å². The fourth-order valence-corrected chi connectivity index (χ4v) is 3.27. The number of anilines is 1. The van der Waals surface area contributed by atoms with Crippen molar-refractivity contribution >= 4 is 29.8 Å². The molecule has 0 unspecified atom stereocenters. The number of benzene rings is 3. The molecule has 0 aliphatic rings. The van der Waals surface area contributed by atoms with Crippen LogP contribution in [0.1, 0.15) is 47.8 Å². The van der Waals surface area contributed by atoms with Crippen LogP contribution in [0, 0.1) is 0 Å². The summed E-state index contributed by atoms with van der Waals surface area (Å²) in [6, 6.07) is 24.4. The summed E-state index contributed by atoms with van der Waals surface area (Å²) in [6.07, 6.45) is 3.20. The highest BCUT2D eigenvalue weighted by atomic mass is 16.2. The summed E-state index contributed by atoms with van der Waals surface area (Å²) in [4.78, 5) is 27.7. The van der Waals surface area contributed by atoms with Crippen molar-refractivity contribution in [3.05, 3.63) is 107 Å². The molecule has 2 amide bonds. The highest BCUT2D eigenvalue weighted by Crippen LogP contribution is 2.21. The molecule has 0 heterocycles.